The van der Waals surface area contributed by atoms with Crippen LogP contribution in [0.5, 0.6) is 0 Å². The van der Waals surface area contributed by atoms with E-state index in [-0.39, 0.29) is 30.5 Å². The summed E-state index contributed by atoms with van der Waals surface area (Å²) >= 11 is 0. The predicted octanol–water partition coefficient (Wildman–Crippen LogP) is 2.38. The Morgan fingerprint density at radius 3 is 2.42 bits per heavy atom. The molecule has 24 heavy (non-hydrogen) atoms. The van der Waals surface area contributed by atoms with Gasteiger partial charge in [0.2, 0.25) is 5.91 Å². The number of nitrogens with one attached hydrogen (secondary N) is 2. The van der Waals surface area contributed by atoms with E-state index >= 15 is 0 Å². The zero-order valence-corrected chi connectivity index (χ0v) is 13.8. The van der Waals surface area contributed by atoms with Crippen molar-refractivity contribution in [1.82, 2.24) is 10.5 Å². The van der Waals surface area contributed by atoms with E-state index in [4.69, 9.17) is 0 Å². The summed E-state index contributed by atoms with van der Waals surface area (Å²) < 4.78 is 50.3. The van der Waals surface area contributed by atoms with Crippen molar-refractivity contribution >= 4 is 17.7 Å². The number of halogens is 3. The van der Waals surface area contributed by atoms with Gasteiger partial charge in [0.25, 0.3) is 0 Å². The Balaban J connectivity index is 3.27. The normalized spacial score (nSPS) is 14.2. The Morgan fingerprint density at radius 1 is 1.38 bits per heavy atom. The molecule has 0 aliphatic rings. The van der Waals surface area contributed by atoms with E-state index in [0.29, 0.717) is 0 Å². The molecule has 0 saturated heterocycles. The molecule has 1 heterocycles. The fourth-order valence-corrected chi connectivity index (χ4v) is 1.88. The largest absolute Gasteiger partial charge is 0.463 e. The molecule has 136 valence electrons. The average Bonchev–Trinajstić information content (AvgIpc) is 2.81. The summed E-state index contributed by atoms with van der Waals surface area (Å²) in [5.74, 6) is -2.97. The number of hydrogen-bond acceptors (Lipinski definition) is 6. The molecule has 0 aliphatic carbocycles. The summed E-state index contributed by atoms with van der Waals surface area (Å²) in [6, 6.07) is 1.16. The van der Waals surface area contributed by atoms with Crippen LogP contribution in [0.3, 0.4) is 0 Å². The Labute approximate surface area is 136 Å². The smallest absolute Gasteiger partial charge is 0.441 e. The molecule has 0 aromatic carbocycles. The lowest BCUT2D eigenvalue weighted by Gasteiger charge is -2.34. The molecular weight excluding hydrogens is 331 g/mol. The highest BCUT2D eigenvalue weighted by Crippen LogP contribution is 2.33. The summed E-state index contributed by atoms with van der Waals surface area (Å²) in [4.78, 5) is 24.0. The van der Waals surface area contributed by atoms with Crippen molar-refractivity contribution in [3.8, 4) is 0 Å². The summed E-state index contributed by atoms with van der Waals surface area (Å²) in [6.07, 6.45) is -5.38. The standard InChI is InChI=1S/C14H20F3N3O4/c1-5-23-12(22)13(14(15,16)17,19-11(21)6-8(2)3)18-10-7-9(4)24-20-10/h7-8H,5-6H2,1-4H3,(H,18,20)(H,19,21)/t13-/m1/s1. The number of anilines is 1. The van der Waals surface area contributed by atoms with Crippen molar-refractivity contribution in [1.29, 1.82) is 0 Å². The number of carbonyl (C=O) groups excluding carboxylic acids is 2. The highest BCUT2D eigenvalue weighted by molar-refractivity contribution is 5.91. The first-order valence-corrected chi connectivity index (χ1v) is 7.28. The molecular formula is C14H20F3N3O4. The van der Waals surface area contributed by atoms with Crippen molar-refractivity contribution in [2.24, 2.45) is 5.92 Å². The van der Waals surface area contributed by atoms with Crippen LogP contribution >= 0.6 is 0 Å². The highest BCUT2D eigenvalue weighted by atomic mass is 19.4. The summed E-state index contributed by atoms with van der Waals surface area (Å²) in [6.45, 7) is 5.85. The first-order chi connectivity index (χ1) is 11.0. The van der Waals surface area contributed by atoms with E-state index in [1.165, 1.54) is 13.8 Å². The Kier molecular flexibility index (Phi) is 6.22. The monoisotopic (exact) mass is 351 g/mol. The lowest BCUT2D eigenvalue weighted by molar-refractivity contribution is -0.208. The van der Waals surface area contributed by atoms with Crippen LogP contribution in [-0.2, 0) is 14.3 Å². The van der Waals surface area contributed by atoms with Crippen molar-refractivity contribution in [3.05, 3.63) is 11.8 Å². The molecule has 1 aromatic rings. The van der Waals surface area contributed by atoms with Gasteiger partial charge in [-0.05, 0) is 19.8 Å². The Bertz CT molecular complexity index is 586. The molecule has 7 nitrogen and oxygen atoms in total. The Morgan fingerprint density at radius 2 is 2.00 bits per heavy atom. The van der Waals surface area contributed by atoms with Gasteiger partial charge in [-0.2, -0.15) is 13.2 Å². The number of ether oxygens (including phenoxy) is 1. The maximum absolute atomic E-state index is 13.7. The molecule has 0 bridgehead atoms. The van der Waals surface area contributed by atoms with E-state index in [0.717, 1.165) is 6.07 Å². The van der Waals surface area contributed by atoms with Gasteiger partial charge >= 0.3 is 17.8 Å². The molecule has 1 rings (SSSR count). The van der Waals surface area contributed by atoms with Crippen LogP contribution < -0.4 is 10.6 Å². The molecule has 0 aliphatic heterocycles. The molecule has 2 N–H and O–H groups in total. The van der Waals surface area contributed by atoms with Gasteiger partial charge < -0.3 is 19.9 Å². The van der Waals surface area contributed by atoms with Crippen LogP contribution in [0.2, 0.25) is 0 Å². The van der Waals surface area contributed by atoms with Crippen LogP contribution in [0.4, 0.5) is 19.0 Å². The van der Waals surface area contributed by atoms with E-state index in [9.17, 15) is 22.8 Å². The topological polar surface area (TPSA) is 93.5 Å². The minimum absolute atomic E-state index is 0.198. The second kappa shape index (κ2) is 7.54. The molecule has 1 aromatic heterocycles. The Hall–Kier alpha value is -2.26. The van der Waals surface area contributed by atoms with Gasteiger partial charge in [0, 0.05) is 12.5 Å². The van der Waals surface area contributed by atoms with Gasteiger partial charge in [-0.15, -0.1) is 0 Å². The molecule has 1 atom stereocenters. The third kappa shape index (κ3) is 4.62. The SMILES string of the molecule is CCOC(=O)[C@](NC(=O)CC(C)C)(Nc1cc(C)on1)C(F)(F)F. The number of aromatic nitrogens is 1. The van der Waals surface area contributed by atoms with Gasteiger partial charge in [-0.3, -0.25) is 4.79 Å². The summed E-state index contributed by atoms with van der Waals surface area (Å²) in [5.41, 5.74) is -3.46. The zero-order chi connectivity index (χ0) is 18.5. The average molecular weight is 351 g/mol. The second-order valence-corrected chi connectivity index (χ2v) is 5.56. The third-order valence-corrected chi connectivity index (χ3v) is 2.87. The van der Waals surface area contributed by atoms with Crippen LogP contribution in [-0.4, -0.2) is 35.5 Å². The van der Waals surface area contributed by atoms with Crippen molar-refractivity contribution in [2.45, 2.75) is 46.0 Å². The third-order valence-electron chi connectivity index (χ3n) is 2.87. The molecule has 0 fully saturated rings. The fraction of sp³-hybridized carbons (Fsp3) is 0.643. The van der Waals surface area contributed by atoms with Crippen molar-refractivity contribution < 1.29 is 32.0 Å². The van der Waals surface area contributed by atoms with Crippen molar-refractivity contribution in [3.63, 3.8) is 0 Å². The highest BCUT2D eigenvalue weighted by Gasteiger charge is 2.64. The first-order valence-electron chi connectivity index (χ1n) is 7.28. The van der Waals surface area contributed by atoms with Gasteiger partial charge in [0.1, 0.15) is 5.76 Å². The maximum Gasteiger partial charge on any atom is 0.441 e. The molecule has 0 saturated carbocycles. The van der Waals surface area contributed by atoms with Gasteiger partial charge in [-0.25, -0.2) is 4.79 Å². The minimum Gasteiger partial charge on any atom is -0.463 e. The molecule has 1 amide bonds. The molecule has 10 heteroatoms. The van der Waals surface area contributed by atoms with E-state index in [2.05, 4.69) is 14.4 Å². The fourth-order valence-electron chi connectivity index (χ4n) is 1.88. The van der Waals surface area contributed by atoms with Gasteiger partial charge in [-0.1, -0.05) is 19.0 Å². The quantitative estimate of drug-likeness (QED) is 0.579. The predicted molar refractivity (Wildman–Crippen MR) is 77.9 cm³/mol. The van der Waals surface area contributed by atoms with Gasteiger partial charge in [0.05, 0.1) is 6.61 Å². The number of rotatable bonds is 7. The van der Waals surface area contributed by atoms with Gasteiger partial charge in [0.15, 0.2) is 5.82 Å². The summed E-state index contributed by atoms with van der Waals surface area (Å²) in [5, 5.41) is 7.00. The lowest BCUT2D eigenvalue weighted by atomic mass is 10.1. The molecule has 0 unspecified atom stereocenters. The zero-order valence-electron chi connectivity index (χ0n) is 13.8. The van der Waals surface area contributed by atoms with E-state index < -0.39 is 23.7 Å². The van der Waals surface area contributed by atoms with E-state index in [1.54, 1.807) is 19.2 Å². The number of esters is 1. The lowest BCUT2D eigenvalue weighted by Crippen LogP contribution is -2.69. The number of hydrogen-bond donors (Lipinski definition) is 2. The minimum atomic E-state index is -5.18. The number of nitrogens with zero attached hydrogens (tertiary/aromatic N) is 1. The van der Waals surface area contributed by atoms with Crippen LogP contribution in [0, 0.1) is 12.8 Å². The number of carbonyl (C=O) groups is 2. The van der Waals surface area contributed by atoms with Crippen LogP contribution in [0.15, 0.2) is 10.6 Å². The number of alkyl halides is 3. The molecule has 0 spiro atoms. The molecule has 0 radical (unpaired) electrons. The number of aryl methyl sites for hydroxylation is 1. The van der Waals surface area contributed by atoms with E-state index in [1.807, 2.05) is 5.32 Å². The first kappa shape index (κ1) is 19.8. The second-order valence-electron chi connectivity index (χ2n) is 5.56. The van der Waals surface area contributed by atoms with Crippen LogP contribution in [0.25, 0.3) is 0 Å². The van der Waals surface area contributed by atoms with Crippen LogP contribution in [0.1, 0.15) is 33.0 Å². The number of amides is 1. The van der Waals surface area contributed by atoms with Crippen molar-refractivity contribution in [2.75, 3.05) is 11.9 Å². The summed E-state index contributed by atoms with van der Waals surface area (Å²) in [7, 11) is 0. The maximum atomic E-state index is 13.7.